The molecule has 0 heterocycles. The van der Waals surface area contributed by atoms with Gasteiger partial charge in [0.25, 0.3) is 5.91 Å². The lowest BCUT2D eigenvalue weighted by atomic mass is 10.2. The molecule has 0 saturated carbocycles. The Hall–Kier alpha value is -3.80. The van der Waals surface area contributed by atoms with Crippen LogP contribution < -0.4 is 15.4 Å². The van der Waals surface area contributed by atoms with Gasteiger partial charge in [-0.15, -0.1) is 0 Å². The molecule has 0 aromatic heterocycles. The summed E-state index contributed by atoms with van der Waals surface area (Å²) in [6, 6.07) is 23.7. The second-order valence-electron chi connectivity index (χ2n) is 7.96. The first-order chi connectivity index (χ1) is 14.8. The molecule has 0 aliphatic carbocycles. The molecular weight excluding hydrogens is 392 g/mol. The third-order valence-electron chi connectivity index (χ3n) is 4.13. The van der Waals surface area contributed by atoms with Crippen LogP contribution in [0.4, 0.5) is 16.2 Å². The Bertz CT molecular complexity index is 1030. The van der Waals surface area contributed by atoms with Gasteiger partial charge in [0, 0.05) is 23.0 Å². The Labute approximate surface area is 182 Å². The number of hydrogen-bond acceptors (Lipinski definition) is 4. The van der Waals surface area contributed by atoms with E-state index in [1.54, 1.807) is 57.2 Å². The third kappa shape index (κ3) is 7.19. The second-order valence-corrected chi connectivity index (χ2v) is 7.96. The number of anilines is 2. The van der Waals surface area contributed by atoms with E-state index in [1.807, 2.05) is 42.5 Å². The van der Waals surface area contributed by atoms with Crippen molar-refractivity contribution in [2.75, 3.05) is 10.6 Å². The first kappa shape index (κ1) is 21.9. The summed E-state index contributed by atoms with van der Waals surface area (Å²) in [5.41, 5.74) is 2.12. The number of benzene rings is 3. The van der Waals surface area contributed by atoms with E-state index in [2.05, 4.69) is 10.6 Å². The van der Waals surface area contributed by atoms with Crippen LogP contribution in [0.25, 0.3) is 0 Å². The van der Waals surface area contributed by atoms with Gasteiger partial charge in [0.05, 0.1) is 0 Å². The van der Waals surface area contributed by atoms with E-state index in [9.17, 15) is 9.59 Å². The van der Waals surface area contributed by atoms with Crippen LogP contribution in [0.2, 0.25) is 0 Å². The summed E-state index contributed by atoms with van der Waals surface area (Å²) in [7, 11) is 0. The van der Waals surface area contributed by atoms with E-state index in [0.29, 0.717) is 29.3 Å². The lowest BCUT2D eigenvalue weighted by Crippen LogP contribution is -2.27. The molecule has 6 heteroatoms. The molecule has 0 radical (unpaired) electrons. The van der Waals surface area contributed by atoms with Crippen molar-refractivity contribution >= 4 is 23.4 Å². The average molecular weight is 418 g/mol. The molecule has 3 aromatic rings. The number of rotatable bonds is 6. The van der Waals surface area contributed by atoms with E-state index in [4.69, 9.17) is 9.47 Å². The quantitative estimate of drug-likeness (QED) is 0.525. The van der Waals surface area contributed by atoms with Crippen LogP contribution in [-0.4, -0.2) is 17.6 Å². The lowest BCUT2D eigenvalue weighted by molar-refractivity contribution is 0.0636. The Balaban J connectivity index is 1.56. The highest BCUT2D eigenvalue weighted by Gasteiger charge is 2.16. The van der Waals surface area contributed by atoms with E-state index >= 15 is 0 Å². The predicted octanol–water partition coefficient (Wildman–Crippen LogP) is 5.86. The first-order valence-electron chi connectivity index (χ1n) is 9.97. The highest BCUT2D eigenvalue weighted by molar-refractivity contribution is 6.04. The summed E-state index contributed by atoms with van der Waals surface area (Å²) in [6.45, 7) is 5.83. The molecule has 0 aliphatic heterocycles. The van der Waals surface area contributed by atoms with Gasteiger partial charge in [-0.3, -0.25) is 10.1 Å². The van der Waals surface area contributed by atoms with Gasteiger partial charge in [-0.1, -0.05) is 36.4 Å². The first-order valence-corrected chi connectivity index (χ1v) is 9.97. The number of carbonyl (C=O) groups excluding carboxylic acids is 2. The van der Waals surface area contributed by atoms with Crippen LogP contribution in [0, 0.1) is 0 Å². The van der Waals surface area contributed by atoms with E-state index in [-0.39, 0.29) is 5.91 Å². The molecule has 0 atom stereocenters. The van der Waals surface area contributed by atoms with Crippen LogP contribution in [0.15, 0.2) is 78.9 Å². The molecule has 31 heavy (non-hydrogen) atoms. The Morgan fingerprint density at radius 1 is 0.806 bits per heavy atom. The SMILES string of the molecule is CC(C)(C)OC(=O)Nc1ccc(C(=O)Nc2cccc(OCc3ccccc3)c2)cc1. The molecule has 0 saturated heterocycles. The largest absolute Gasteiger partial charge is 0.489 e. The van der Waals surface area contributed by atoms with Crippen LogP contribution in [0.1, 0.15) is 36.7 Å². The number of nitrogens with one attached hydrogen (secondary N) is 2. The highest BCUT2D eigenvalue weighted by Crippen LogP contribution is 2.20. The maximum Gasteiger partial charge on any atom is 0.412 e. The zero-order chi connectivity index (χ0) is 22.3. The summed E-state index contributed by atoms with van der Waals surface area (Å²) in [5.74, 6) is 0.405. The fraction of sp³-hybridized carbons (Fsp3) is 0.200. The van der Waals surface area contributed by atoms with Gasteiger partial charge in [-0.05, 0) is 62.7 Å². The minimum absolute atomic E-state index is 0.260. The maximum atomic E-state index is 12.6. The van der Waals surface area contributed by atoms with Crippen molar-refractivity contribution in [1.82, 2.24) is 0 Å². The van der Waals surface area contributed by atoms with Gasteiger partial charge in [0.2, 0.25) is 0 Å². The molecule has 3 aromatic carbocycles. The molecule has 6 nitrogen and oxygen atoms in total. The lowest BCUT2D eigenvalue weighted by Gasteiger charge is -2.19. The molecule has 0 fully saturated rings. The van der Waals surface area contributed by atoms with Crippen molar-refractivity contribution in [3.63, 3.8) is 0 Å². The fourth-order valence-corrected chi connectivity index (χ4v) is 2.73. The monoisotopic (exact) mass is 418 g/mol. The van der Waals surface area contributed by atoms with Crippen LogP contribution >= 0.6 is 0 Å². The number of ether oxygens (including phenoxy) is 2. The summed E-state index contributed by atoms with van der Waals surface area (Å²) in [4.78, 5) is 24.4. The summed E-state index contributed by atoms with van der Waals surface area (Å²) in [6.07, 6.45) is -0.544. The standard InChI is InChI=1S/C25H26N2O4/c1-25(2,3)31-24(29)27-20-14-12-19(13-15-20)23(28)26-21-10-7-11-22(16-21)30-17-18-8-5-4-6-9-18/h4-16H,17H2,1-3H3,(H,26,28)(H,27,29). The molecule has 0 spiro atoms. The molecule has 0 unspecified atom stereocenters. The van der Waals surface area contributed by atoms with Crippen molar-refractivity contribution in [3.05, 3.63) is 90.0 Å². The zero-order valence-electron chi connectivity index (χ0n) is 17.8. The Morgan fingerprint density at radius 3 is 2.19 bits per heavy atom. The molecule has 3 rings (SSSR count). The van der Waals surface area contributed by atoms with Gasteiger partial charge in [0.1, 0.15) is 18.0 Å². The van der Waals surface area contributed by atoms with Gasteiger partial charge >= 0.3 is 6.09 Å². The number of hydrogen-bond donors (Lipinski definition) is 2. The van der Waals surface area contributed by atoms with Crippen LogP contribution in [0.3, 0.4) is 0 Å². The zero-order valence-corrected chi connectivity index (χ0v) is 17.8. The fourth-order valence-electron chi connectivity index (χ4n) is 2.73. The van der Waals surface area contributed by atoms with Crippen molar-refractivity contribution in [2.45, 2.75) is 33.0 Å². The number of amides is 2. The molecule has 0 bridgehead atoms. The summed E-state index contributed by atoms with van der Waals surface area (Å²) in [5, 5.41) is 5.50. The topological polar surface area (TPSA) is 76.7 Å². The minimum Gasteiger partial charge on any atom is -0.489 e. The average Bonchev–Trinajstić information content (AvgIpc) is 2.72. The molecule has 160 valence electrons. The predicted molar refractivity (Wildman–Crippen MR) is 121 cm³/mol. The normalized spacial score (nSPS) is 10.8. The summed E-state index contributed by atoms with van der Waals surface area (Å²) >= 11 is 0. The van der Waals surface area contributed by atoms with Gasteiger partial charge in [0.15, 0.2) is 0 Å². The maximum absolute atomic E-state index is 12.6. The third-order valence-corrected chi connectivity index (χ3v) is 4.13. The Morgan fingerprint density at radius 2 is 1.52 bits per heavy atom. The van der Waals surface area contributed by atoms with Crippen molar-refractivity contribution in [1.29, 1.82) is 0 Å². The molecule has 2 amide bonds. The van der Waals surface area contributed by atoms with E-state index in [1.165, 1.54) is 0 Å². The van der Waals surface area contributed by atoms with Crippen molar-refractivity contribution in [3.8, 4) is 5.75 Å². The van der Waals surface area contributed by atoms with Crippen molar-refractivity contribution < 1.29 is 19.1 Å². The second kappa shape index (κ2) is 9.80. The van der Waals surface area contributed by atoms with Gasteiger partial charge in [-0.2, -0.15) is 0 Å². The summed E-state index contributed by atoms with van der Waals surface area (Å²) < 4.78 is 11.0. The number of carbonyl (C=O) groups is 2. The smallest absolute Gasteiger partial charge is 0.412 e. The Kier molecular flexibility index (Phi) is 6.92. The van der Waals surface area contributed by atoms with Crippen molar-refractivity contribution in [2.24, 2.45) is 0 Å². The van der Waals surface area contributed by atoms with Crippen LogP contribution in [0.5, 0.6) is 5.75 Å². The van der Waals surface area contributed by atoms with Gasteiger partial charge in [-0.25, -0.2) is 4.79 Å². The van der Waals surface area contributed by atoms with E-state index < -0.39 is 11.7 Å². The minimum atomic E-state index is -0.580. The molecular formula is C25H26N2O4. The van der Waals surface area contributed by atoms with Crippen LogP contribution in [-0.2, 0) is 11.3 Å². The van der Waals surface area contributed by atoms with E-state index in [0.717, 1.165) is 5.56 Å². The highest BCUT2D eigenvalue weighted by atomic mass is 16.6. The molecule has 2 N–H and O–H groups in total. The molecule has 0 aliphatic rings. The van der Waals surface area contributed by atoms with Gasteiger partial charge < -0.3 is 14.8 Å².